The van der Waals surface area contributed by atoms with Crippen molar-refractivity contribution in [1.82, 2.24) is 9.97 Å². The van der Waals surface area contributed by atoms with Crippen molar-refractivity contribution in [3.05, 3.63) is 17.0 Å². The zero-order valence-electron chi connectivity index (χ0n) is 8.27. The molecule has 1 aromatic rings. The number of aliphatic hydroxyl groups excluding tert-OH is 1. The van der Waals surface area contributed by atoms with Gasteiger partial charge in [-0.05, 0) is 6.92 Å². The Bertz CT molecular complexity index is 341. The van der Waals surface area contributed by atoms with Crippen LogP contribution >= 0.6 is 11.6 Å². The molecular formula is C9H12ClN3O2. The number of hydrogen-bond donors (Lipinski definition) is 2. The van der Waals surface area contributed by atoms with E-state index in [2.05, 4.69) is 15.3 Å². The summed E-state index contributed by atoms with van der Waals surface area (Å²) in [6, 6.07) is 1.50. The Hall–Kier alpha value is -0.910. The number of rotatable bonds is 2. The number of ether oxygens (including phenoxy) is 1. The highest BCUT2D eigenvalue weighted by Gasteiger charge is 2.26. The van der Waals surface area contributed by atoms with Crippen molar-refractivity contribution in [3.8, 4) is 0 Å². The van der Waals surface area contributed by atoms with Gasteiger partial charge in [-0.1, -0.05) is 11.6 Å². The summed E-state index contributed by atoms with van der Waals surface area (Å²) in [5.41, 5.74) is 0. The fourth-order valence-corrected chi connectivity index (χ4v) is 1.70. The Morgan fingerprint density at radius 3 is 2.93 bits per heavy atom. The van der Waals surface area contributed by atoms with Gasteiger partial charge in [-0.3, -0.25) is 0 Å². The molecule has 1 saturated heterocycles. The van der Waals surface area contributed by atoms with Crippen molar-refractivity contribution in [2.75, 3.05) is 18.5 Å². The normalized spacial score (nSPS) is 25.5. The van der Waals surface area contributed by atoms with E-state index in [1.54, 1.807) is 13.0 Å². The summed E-state index contributed by atoms with van der Waals surface area (Å²) in [6.45, 7) is 2.59. The molecule has 0 aliphatic carbocycles. The summed E-state index contributed by atoms with van der Waals surface area (Å²) in [4.78, 5) is 8.11. The van der Waals surface area contributed by atoms with Crippen LogP contribution in [-0.2, 0) is 4.74 Å². The van der Waals surface area contributed by atoms with Crippen molar-refractivity contribution in [3.63, 3.8) is 0 Å². The molecule has 2 rings (SSSR count). The minimum atomic E-state index is -0.501. The van der Waals surface area contributed by atoms with Gasteiger partial charge in [0.05, 0.1) is 25.4 Å². The lowest BCUT2D eigenvalue weighted by atomic mass is 10.2. The fourth-order valence-electron chi connectivity index (χ4n) is 1.48. The van der Waals surface area contributed by atoms with Gasteiger partial charge < -0.3 is 15.2 Å². The van der Waals surface area contributed by atoms with Gasteiger partial charge in [-0.15, -0.1) is 0 Å². The van der Waals surface area contributed by atoms with Crippen LogP contribution in [0, 0.1) is 6.92 Å². The average molecular weight is 230 g/mol. The highest BCUT2D eigenvalue weighted by Crippen LogP contribution is 2.15. The lowest BCUT2D eigenvalue weighted by Crippen LogP contribution is -2.32. The third-order valence-corrected chi connectivity index (χ3v) is 2.38. The monoisotopic (exact) mass is 229 g/mol. The van der Waals surface area contributed by atoms with Crippen LogP contribution in [0.25, 0.3) is 0 Å². The number of halogens is 1. The number of nitrogens with one attached hydrogen (secondary N) is 1. The Labute approximate surface area is 92.5 Å². The van der Waals surface area contributed by atoms with Crippen LogP contribution in [0.3, 0.4) is 0 Å². The smallest absolute Gasteiger partial charge is 0.134 e. The minimum Gasteiger partial charge on any atom is -0.388 e. The van der Waals surface area contributed by atoms with Crippen molar-refractivity contribution in [2.24, 2.45) is 0 Å². The van der Waals surface area contributed by atoms with Gasteiger partial charge in [0.2, 0.25) is 0 Å². The van der Waals surface area contributed by atoms with Crippen LogP contribution in [0.15, 0.2) is 6.07 Å². The first kappa shape index (κ1) is 10.6. The molecule has 0 saturated carbocycles. The number of hydrogen-bond acceptors (Lipinski definition) is 5. The molecule has 2 heterocycles. The maximum atomic E-state index is 9.52. The van der Waals surface area contributed by atoms with Gasteiger partial charge >= 0.3 is 0 Å². The first-order valence-electron chi connectivity index (χ1n) is 4.68. The van der Waals surface area contributed by atoms with Crippen molar-refractivity contribution < 1.29 is 9.84 Å². The Morgan fingerprint density at radius 1 is 1.53 bits per heavy atom. The van der Waals surface area contributed by atoms with E-state index in [-0.39, 0.29) is 6.04 Å². The standard InChI is InChI=1S/C9H12ClN3O2/c1-5-11-8(10)2-9(12-5)13-6-3-15-4-7(6)14/h2,6-7,14H,3-4H2,1H3,(H,11,12,13)/t6-,7-/m1/s1. The molecule has 1 aliphatic heterocycles. The summed E-state index contributed by atoms with van der Waals surface area (Å²) in [6.07, 6.45) is -0.501. The topological polar surface area (TPSA) is 67.3 Å². The van der Waals surface area contributed by atoms with E-state index in [9.17, 15) is 5.11 Å². The van der Waals surface area contributed by atoms with Gasteiger partial charge in [-0.25, -0.2) is 9.97 Å². The number of nitrogens with zero attached hydrogens (tertiary/aromatic N) is 2. The molecule has 82 valence electrons. The zero-order chi connectivity index (χ0) is 10.8. The number of anilines is 1. The molecular weight excluding hydrogens is 218 g/mol. The largest absolute Gasteiger partial charge is 0.388 e. The second-order valence-corrected chi connectivity index (χ2v) is 3.87. The van der Waals surface area contributed by atoms with Crippen LogP contribution in [-0.4, -0.2) is 40.4 Å². The maximum absolute atomic E-state index is 9.52. The quantitative estimate of drug-likeness (QED) is 0.728. The SMILES string of the molecule is Cc1nc(Cl)cc(N[C@@H]2COC[C@H]2O)n1. The lowest BCUT2D eigenvalue weighted by molar-refractivity contribution is 0.125. The zero-order valence-corrected chi connectivity index (χ0v) is 9.03. The van der Waals surface area contributed by atoms with Crippen molar-refractivity contribution in [1.29, 1.82) is 0 Å². The molecule has 1 fully saturated rings. The Morgan fingerprint density at radius 2 is 2.33 bits per heavy atom. The van der Waals surface area contributed by atoms with Crippen LogP contribution in [0.4, 0.5) is 5.82 Å². The van der Waals surface area contributed by atoms with Gasteiger partial charge in [0.1, 0.15) is 16.8 Å². The van der Waals surface area contributed by atoms with Crippen LogP contribution < -0.4 is 5.32 Å². The summed E-state index contributed by atoms with van der Waals surface area (Å²) in [5, 5.41) is 13.0. The molecule has 0 spiro atoms. The van der Waals surface area contributed by atoms with Gasteiger partial charge in [0.25, 0.3) is 0 Å². The summed E-state index contributed by atoms with van der Waals surface area (Å²) >= 11 is 5.79. The van der Waals surface area contributed by atoms with Crippen LogP contribution in [0.1, 0.15) is 5.82 Å². The van der Waals surface area contributed by atoms with Gasteiger partial charge in [0.15, 0.2) is 0 Å². The molecule has 1 aliphatic rings. The maximum Gasteiger partial charge on any atom is 0.134 e. The molecule has 2 atom stereocenters. The molecule has 0 radical (unpaired) electrons. The molecule has 1 aromatic heterocycles. The molecule has 0 amide bonds. The molecule has 5 nitrogen and oxygen atoms in total. The Kier molecular flexibility index (Phi) is 3.04. The number of aryl methyl sites for hydroxylation is 1. The van der Waals surface area contributed by atoms with E-state index in [0.717, 1.165) is 0 Å². The van der Waals surface area contributed by atoms with E-state index >= 15 is 0 Å². The van der Waals surface area contributed by atoms with E-state index in [4.69, 9.17) is 16.3 Å². The first-order valence-corrected chi connectivity index (χ1v) is 5.06. The van der Waals surface area contributed by atoms with E-state index in [1.807, 2.05) is 0 Å². The third kappa shape index (κ3) is 2.56. The minimum absolute atomic E-state index is 0.129. The van der Waals surface area contributed by atoms with E-state index in [0.29, 0.717) is 30.0 Å². The first-order chi connectivity index (χ1) is 7.15. The highest BCUT2D eigenvalue weighted by atomic mass is 35.5. The van der Waals surface area contributed by atoms with E-state index in [1.165, 1.54) is 0 Å². The molecule has 2 N–H and O–H groups in total. The third-order valence-electron chi connectivity index (χ3n) is 2.19. The highest BCUT2D eigenvalue weighted by molar-refractivity contribution is 6.29. The van der Waals surface area contributed by atoms with Gasteiger partial charge in [0, 0.05) is 6.07 Å². The lowest BCUT2D eigenvalue weighted by Gasteiger charge is -2.15. The second-order valence-electron chi connectivity index (χ2n) is 3.48. The second kappa shape index (κ2) is 4.30. The number of aromatic nitrogens is 2. The van der Waals surface area contributed by atoms with Crippen molar-refractivity contribution >= 4 is 17.4 Å². The van der Waals surface area contributed by atoms with E-state index < -0.39 is 6.10 Å². The molecule has 0 unspecified atom stereocenters. The molecule has 15 heavy (non-hydrogen) atoms. The summed E-state index contributed by atoms with van der Waals surface area (Å²) in [7, 11) is 0. The summed E-state index contributed by atoms with van der Waals surface area (Å²) < 4.78 is 5.11. The predicted molar refractivity (Wildman–Crippen MR) is 56.0 cm³/mol. The Balaban J connectivity index is 2.10. The van der Waals surface area contributed by atoms with Crippen LogP contribution in [0.5, 0.6) is 0 Å². The van der Waals surface area contributed by atoms with Crippen LogP contribution in [0.2, 0.25) is 5.15 Å². The van der Waals surface area contributed by atoms with Gasteiger partial charge in [-0.2, -0.15) is 0 Å². The fraction of sp³-hybridized carbons (Fsp3) is 0.556. The number of aliphatic hydroxyl groups is 1. The molecule has 0 bridgehead atoms. The predicted octanol–water partition coefficient (Wildman–Crippen LogP) is 0.610. The van der Waals surface area contributed by atoms with Crippen molar-refractivity contribution in [2.45, 2.75) is 19.1 Å². The average Bonchev–Trinajstić information content (AvgIpc) is 2.50. The summed E-state index contributed by atoms with van der Waals surface area (Å²) in [5.74, 6) is 1.21. The molecule has 6 heteroatoms. The molecule has 0 aromatic carbocycles.